The van der Waals surface area contributed by atoms with E-state index in [1.54, 1.807) is 36.4 Å². The summed E-state index contributed by atoms with van der Waals surface area (Å²) in [6.07, 6.45) is 2.51. The smallest absolute Gasteiger partial charge is 0.251 e. The fraction of sp³-hybridized carbons (Fsp3) is 0.185. The third-order valence-corrected chi connectivity index (χ3v) is 5.46. The molecule has 0 spiro atoms. The highest BCUT2D eigenvalue weighted by atomic mass is 16.5. The van der Waals surface area contributed by atoms with Gasteiger partial charge in [0.2, 0.25) is 5.91 Å². The zero-order valence-electron chi connectivity index (χ0n) is 18.1. The van der Waals surface area contributed by atoms with Gasteiger partial charge in [-0.15, -0.1) is 0 Å². The van der Waals surface area contributed by atoms with Crippen LogP contribution in [0.1, 0.15) is 16.8 Å². The van der Waals surface area contributed by atoms with Gasteiger partial charge in [-0.2, -0.15) is 0 Å². The molecule has 0 saturated heterocycles. The molecule has 1 aliphatic rings. The Morgan fingerprint density at radius 1 is 0.818 bits per heavy atom. The predicted octanol–water partition coefficient (Wildman–Crippen LogP) is 3.80. The molecule has 4 rings (SSSR count). The van der Waals surface area contributed by atoms with Crippen molar-refractivity contribution in [2.24, 2.45) is 0 Å². The zero-order chi connectivity index (χ0) is 23.0. The van der Waals surface area contributed by atoms with E-state index >= 15 is 0 Å². The monoisotopic (exact) mass is 442 g/mol. The van der Waals surface area contributed by atoms with E-state index in [9.17, 15) is 14.7 Å². The van der Waals surface area contributed by atoms with Crippen LogP contribution < -0.4 is 10.6 Å². The fourth-order valence-electron chi connectivity index (χ4n) is 3.73. The van der Waals surface area contributed by atoms with Crippen molar-refractivity contribution in [3.05, 3.63) is 103 Å². The number of carbonyl (C=O) groups excluding carboxylic acids is 2. The number of carbonyl (C=O) groups is 2. The molecule has 3 atom stereocenters. The van der Waals surface area contributed by atoms with E-state index in [1.165, 1.54) is 0 Å². The molecule has 0 aliphatic carbocycles. The molecule has 0 aromatic heterocycles. The molecule has 2 amide bonds. The summed E-state index contributed by atoms with van der Waals surface area (Å²) in [6, 6.07) is 26.0. The lowest BCUT2D eigenvalue weighted by Gasteiger charge is -2.31. The second-order valence-electron chi connectivity index (χ2n) is 7.84. The van der Waals surface area contributed by atoms with Crippen molar-refractivity contribution in [3.8, 4) is 11.1 Å². The molecular formula is C27H26N2O4. The average molecular weight is 443 g/mol. The van der Waals surface area contributed by atoms with Crippen molar-refractivity contribution in [3.63, 3.8) is 0 Å². The lowest BCUT2D eigenvalue weighted by Crippen LogP contribution is -2.48. The molecule has 0 bridgehead atoms. The number of hydrogen-bond acceptors (Lipinski definition) is 4. The minimum absolute atomic E-state index is 0.104. The second-order valence-corrected chi connectivity index (χ2v) is 7.84. The summed E-state index contributed by atoms with van der Waals surface area (Å²) in [4.78, 5) is 24.9. The molecule has 0 unspecified atom stereocenters. The number of nitrogens with one attached hydrogen (secondary N) is 2. The van der Waals surface area contributed by atoms with Crippen LogP contribution >= 0.6 is 0 Å². The molecule has 6 nitrogen and oxygen atoms in total. The van der Waals surface area contributed by atoms with Gasteiger partial charge in [-0.3, -0.25) is 9.59 Å². The molecule has 3 aromatic carbocycles. The van der Waals surface area contributed by atoms with Crippen LogP contribution in [0.5, 0.6) is 0 Å². The van der Waals surface area contributed by atoms with Crippen LogP contribution in [0.4, 0.5) is 5.69 Å². The van der Waals surface area contributed by atoms with E-state index in [-0.39, 0.29) is 24.8 Å². The lowest BCUT2D eigenvalue weighted by molar-refractivity contribution is -0.120. The molecule has 33 heavy (non-hydrogen) atoms. The summed E-state index contributed by atoms with van der Waals surface area (Å²) in [7, 11) is 0. The van der Waals surface area contributed by atoms with E-state index in [0.717, 1.165) is 11.1 Å². The first kappa shape index (κ1) is 22.5. The summed E-state index contributed by atoms with van der Waals surface area (Å²) >= 11 is 0. The lowest BCUT2D eigenvalue weighted by atomic mass is 10.0. The van der Waals surface area contributed by atoms with E-state index < -0.39 is 18.2 Å². The summed E-state index contributed by atoms with van der Waals surface area (Å²) < 4.78 is 5.86. The Kier molecular flexibility index (Phi) is 7.29. The Balaban J connectivity index is 1.32. The van der Waals surface area contributed by atoms with Crippen molar-refractivity contribution in [2.75, 3.05) is 11.9 Å². The van der Waals surface area contributed by atoms with Crippen LogP contribution in [-0.2, 0) is 9.53 Å². The Bertz CT molecular complexity index is 1100. The minimum atomic E-state index is -0.634. The van der Waals surface area contributed by atoms with E-state index in [1.807, 2.05) is 60.7 Å². The molecule has 3 aromatic rings. The van der Waals surface area contributed by atoms with E-state index in [0.29, 0.717) is 11.3 Å². The van der Waals surface area contributed by atoms with Gasteiger partial charge in [0.15, 0.2) is 0 Å². The van der Waals surface area contributed by atoms with Crippen molar-refractivity contribution >= 4 is 17.5 Å². The molecule has 6 heteroatoms. The first-order valence-corrected chi connectivity index (χ1v) is 10.9. The number of rotatable bonds is 7. The van der Waals surface area contributed by atoms with Gasteiger partial charge in [0, 0.05) is 11.3 Å². The highest BCUT2D eigenvalue weighted by Crippen LogP contribution is 2.22. The van der Waals surface area contributed by atoms with Gasteiger partial charge in [-0.25, -0.2) is 0 Å². The molecule has 0 saturated carbocycles. The van der Waals surface area contributed by atoms with Crippen LogP contribution in [0.15, 0.2) is 97.1 Å². The minimum Gasteiger partial charge on any atom is -0.394 e. The highest BCUT2D eigenvalue weighted by Gasteiger charge is 2.29. The maximum atomic E-state index is 12.5. The van der Waals surface area contributed by atoms with Crippen molar-refractivity contribution in [2.45, 2.75) is 24.7 Å². The largest absolute Gasteiger partial charge is 0.394 e. The topological polar surface area (TPSA) is 87.7 Å². The molecule has 0 radical (unpaired) electrons. The number of aliphatic hydroxyl groups excluding tert-OH is 1. The van der Waals surface area contributed by atoms with Crippen LogP contribution in [0.25, 0.3) is 11.1 Å². The van der Waals surface area contributed by atoms with Gasteiger partial charge in [-0.1, -0.05) is 72.8 Å². The standard InChI is InChI=1S/C27H26N2O4/c30-18-25-24(29-27(32)21-9-5-2-6-10-21)16-15-23(33-25)17-26(31)28-22-13-11-20(12-14-22)19-7-3-1-4-8-19/h1-16,23-25,30H,17-18H2,(H,28,31)(H,29,32)/t23-,24-,25+/m1/s1. The van der Waals surface area contributed by atoms with Crippen molar-refractivity contribution in [1.29, 1.82) is 0 Å². The number of anilines is 1. The average Bonchev–Trinajstić information content (AvgIpc) is 2.86. The van der Waals surface area contributed by atoms with E-state index in [4.69, 9.17) is 4.74 Å². The summed E-state index contributed by atoms with van der Waals surface area (Å²) in [5.41, 5.74) is 3.41. The molecule has 0 fully saturated rings. The second kappa shape index (κ2) is 10.7. The summed E-state index contributed by atoms with van der Waals surface area (Å²) in [5.74, 6) is -0.442. The molecule has 3 N–H and O–H groups in total. The van der Waals surface area contributed by atoms with Gasteiger partial charge in [0.1, 0.15) is 6.10 Å². The third kappa shape index (κ3) is 5.94. The SMILES string of the molecule is O=C(C[C@H]1C=C[C@@H](NC(=O)c2ccccc2)[C@H](CO)O1)Nc1ccc(-c2ccccc2)cc1. The summed E-state index contributed by atoms with van der Waals surface area (Å²) in [6.45, 7) is -0.275. The predicted molar refractivity (Wildman–Crippen MR) is 128 cm³/mol. The maximum absolute atomic E-state index is 12.5. The summed E-state index contributed by atoms with van der Waals surface area (Å²) in [5, 5.41) is 15.5. The maximum Gasteiger partial charge on any atom is 0.251 e. The quantitative estimate of drug-likeness (QED) is 0.486. The fourth-order valence-corrected chi connectivity index (χ4v) is 3.73. The van der Waals surface area contributed by atoms with Gasteiger partial charge in [-0.05, 0) is 35.4 Å². The van der Waals surface area contributed by atoms with Crippen LogP contribution in [0.2, 0.25) is 0 Å². The molecular weight excluding hydrogens is 416 g/mol. The molecule has 1 aliphatic heterocycles. The molecule has 1 heterocycles. The van der Waals surface area contributed by atoms with Crippen LogP contribution in [0, 0.1) is 0 Å². The number of amides is 2. The van der Waals surface area contributed by atoms with Gasteiger partial charge in [0.05, 0.1) is 25.2 Å². The zero-order valence-corrected chi connectivity index (χ0v) is 18.1. The third-order valence-electron chi connectivity index (χ3n) is 5.46. The number of aliphatic hydroxyl groups is 1. The number of ether oxygens (including phenoxy) is 1. The number of benzene rings is 3. The first-order chi connectivity index (χ1) is 16.1. The Morgan fingerprint density at radius 3 is 2.12 bits per heavy atom. The Hall–Kier alpha value is -3.74. The first-order valence-electron chi connectivity index (χ1n) is 10.9. The molecule has 168 valence electrons. The van der Waals surface area contributed by atoms with Gasteiger partial charge in [0.25, 0.3) is 5.91 Å². The van der Waals surface area contributed by atoms with Crippen LogP contribution in [0.3, 0.4) is 0 Å². The Labute approximate surface area is 192 Å². The van der Waals surface area contributed by atoms with Gasteiger partial charge < -0.3 is 20.5 Å². The Morgan fingerprint density at radius 2 is 1.45 bits per heavy atom. The van der Waals surface area contributed by atoms with Crippen molar-refractivity contribution in [1.82, 2.24) is 5.32 Å². The van der Waals surface area contributed by atoms with Gasteiger partial charge >= 0.3 is 0 Å². The normalized spacial score (nSPS) is 19.6. The highest BCUT2D eigenvalue weighted by molar-refractivity contribution is 5.94. The van der Waals surface area contributed by atoms with Crippen molar-refractivity contribution < 1.29 is 19.4 Å². The van der Waals surface area contributed by atoms with E-state index in [2.05, 4.69) is 10.6 Å². The van der Waals surface area contributed by atoms with Crippen LogP contribution in [-0.4, -0.2) is 41.8 Å². The number of hydrogen-bond donors (Lipinski definition) is 3.